The lowest BCUT2D eigenvalue weighted by molar-refractivity contribution is -0.110. The predicted molar refractivity (Wildman–Crippen MR) is 71.2 cm³/mol. The van der Waals surface area contributed by atoms with E-state index in [2.05, 4.69) is 22.0 Å². The van der Waals surface area contributed by atoms with E-state index in [0.717, 1.165) is 21.3 Å². The maximum atomic E-state index is 11.7. The Hall–Kier alpha value is -1.22. The molecule has 0 heterocycles. The number of rotatable bonds is 0. The summed E-state index contributed by atoms with van der Waals surface area (Å²) < 4.78 is 0.959. The van der Waals surface area contributed by atoms with Gasteiger partial charge in [0.1, 0.15) is 0 Å². The van der Waals surface area contributed by atoms with Crippen LogP contribution in [0, 0.1) is 0 Å². The van der Waals surface area contributed by atoms with Crippen molar-refractivity contribution in [3.63, 3.8) is 0 Å². The van der Waals surface area contributed by atoms with Gasteiger partial charge < -0.3 is 0 Å². The molecule has 2 aliphatic rings. The van der Waals surface area contributed by atoms with Crippen molar-refractivity contribution < 1.29 is 9.59 Å². The first-order valence-corrected chi connectivity index (χ1v) is 6.60. The fourth-order valence-electron chi connectivity index (χ4n) is 2.28. The molecule has 1 aromatic rings. The maximum Gasteiger partial charge on any atom is 0.233 e. The minimum absolute atomic E-state index is 0.308. The second-order valence-electron chi connectivity index (χ2n) is 3.76. The average Bonchev–Trinajstić information content (AvgIpc) is 2.62. The minimum Gasteiger partial charge on any atom is -0.285 e. The molecule has 0 radical (unpaired) electrons. The second-order valence-corrected chi connectivity index (χ2v) is 4.62. The van der Waals surface area contributed by atoms with Crippen molar-refractivity contribution in [3.8, 4) is 0 Å². The third-order valence-electron chi connectivity index (χ3n) is 2.96. The number of halogens is 1. The van der Waals surface area contributed by atoms with Gasteiger partial charge in [-0.05, 0) is 30.2 Å². The molecule has 3 rings (SSSR count). The molecule has 17 heavy (non-hydrogen) atoms. The summed E-state index contributed by atoms with van der Waals surface area (Å²) >= 11 is 3.44. The number of Topliss-reactive ketones (excluding diaryl/α,β-unsaturated/α-hetero) is 2. The number of benzene rings is 1. The number of ketones is 2. The molecule has 3 heteroatoms. The van der Waals surface area contributed by atoms with Gasteiger partial charge in [0.2, 0.25) is 11.6 Å². The van der Waals surface area contributed by atoms with Gasteiger partial charge in [0.15, 0.2) is 0 Å². The van der Waals surface area contributed by atoms with E-state index in [9.17, 15) is 9.59 Å². The van der Waals surface area contributed by atoms with Gasteiger partial charge in [-0.1, -0.05) is 35.9 Å². The van der Waals surface area contributed by atoms with Crippen molar-refractivity contribution in [2.24, 2.45) is 0 Å². The lowest BCUT2D eigenvalue weighted by atomic mass is 10.0. The Morgan fingerprint density at radius 3 is 2.53 bits per heavy atom. The average molecular weight is 293 g/mol. The Bertz CT molecular complexity index is 626. The normalized spacial score (nSPS) is 16.1. The minimum atomic E-state index is -0.343. The highest BCUT2D eigenvalue weighted by molar-refractivity contribution is 9.10. The van der Waals surface area contributed by atoms with Gasteiger partial charge in [-0.25, -0.2) is 0 Å². The zero-order valence-electron chi connectivity index (χ0n) is 9.84. The van der Waals surface area contributed by atoms with E-state index in [0.29, 0.717) is 17.6 Å². The van der Waals surface area contributed by atoms with Gasteiger partial charge in [0.25, 0.3) is 0 Å². The number of hydrogen-bond acceptors (Lipinski definition) is 2. The fourth-order valence-corrected chi connectivity index (χ4v) is 2.77. The zero-order chi connectivity index (χ0) is 12.6. The van der Waals surface area contributed by atoms with Crippen molar-refractivity contribution in [3.05, 3.63) is 32.6 Å². The molecule has 2 aliphatic carbocycles. The van der Waals surface area contributed by atoms with Gasteiger partial charge in [-0.2, -0.15) is 0 Å². The summed E-state index contributed by atoms with van der Waals surface area (Å²) in [5.74, 6) is -0.651. The van der Waals surface area contributed by atoms with Crippen LogP contribution in [0.25, 0.3) is 11.6 Å². The van der Waals surface area contributed by atoms with E-state index in [1.165, 1.54) is 0 Å². The topological polar surface area (TPSA) is 34.1 Å². The largest absolute Gasteiger partial charge is 0.285 e. The molecule has 0 aromatic heterocycles. The Labute approximate surface area is 108 Å². The summed E-state index contributed by atoms with van der Waals surface area (Å²) in [6, 6.07) is 3.57. The van der Waals surface area contributed by atoms with E-state index in [-0.39, 0.29) is 11.6 Å². The highest BCUT2D eigenvalue weighted by Crippen LogP contribution is 2.19. The molecule has 0 N–H and O–H groups in total. The van der Waals surface area contributed by atoms with Crippen molar-refractivity contribution >= 4 is 39.1 Å². The molecule has 0 aliphatic heterocycles. The summed E-state index contributed by atoms with van der Waals surface area (Å²) in [5, 5.41) is 1.87. The number of carbonyl (C=O) groups excluding carboxylic acids is 2. The predicted octanol–water partition coefficient (Wildman–Crippen LogP) is 1.97. The lowest BCUT2D eigenvalue weighted by Gasteiger charge is -2.04. The molecule has 0 amide bonds. The van der Waals surface area contributed by atoms with Crippen molar-refractivity contribution in [1.29, 1.82) is 0 Å². The van der Waals surface area contributed by atoms with Crippen LogP contribution in [-0.2, 0) is 4.79 Å². The smallest absolute Gasteiger partial charge is 0.233 e. The highest BCUT2D eigenvalue weighted by atomic mass is 79.9. The summed E-state index contributed by atoms with van der Waals surface area (Å²) in [5.41, 5.74) is 1.28. The molecular weight excluding hydrogens is 280 g/mol. The molecule has 88 valence electrons. The van der Waals surface area contributed by atoms with Crippen LogP contribution in [0.2, 0.25) is 0 Å². The van der Waals surface area contributed by atoms with Crippen LogP contribution in [-0.4, -0.2) is 11.6 Å². The first-order valence-electron chi connectivity index (χ1n) is 5.81. The van der Waals surface area contributed by atoms with Crippen LogP contribution in [0.5, 0.6) is 0 Å². The van der Waals surface area contributed by atoms with Crippen LogP contribution < -0.4 is 10.4 Å². The monoisotopic (exact) mass is 292 g/mol. The number of hydrogen-bond donors (Lipinski definition) is 0. The van der Waals surface area contributed by atoms with E-state index < -0.39 is 0 Å². The molecule has 0 saturated carbocycles. The molecular formula is C14H13BrO2. The summed E-state index contributed by atoms with van der Waals surface area (Å²) in [6.07, 6.45) is 3.61. The quantitative estimate of drug-likeness (QED) is 0.685. The SMILES string of the molecule is CC.O=C1C(=O)c2ccc(Br)c3c2=C1CCC=3. The van der Waals surface area contributed by atoms with E-state index in [1.54, 1.807) is 6.07 Å². The zero-order valence-corrected chi connectivity index (χ0v) is 11.4. The Morgan fingerprint density at radius 1 is 1.12 bits per heavy atom. The molecule has 2 nitrogen and oxygen atoms in total. The molecule has 0 bridgehead atoms. The van der Waals surface area contributed by atoms with Gasteiger partial charge in [-0.3, -0.25) is 9.59 Å². The molecule has 1 aromatic carbocycles. The van der Waals surface area contributed by atoms with Gasteiger partial charge in [-0.15, -0.1) is 0 Å². The molecule has 0 fully saturated rings. The lowest BCUT2D eigenvalue weighted by Crippen LogP contribution is -2.31. The Balaban J connectivity index is 0.000000514. The Morgan fingerprint density at radius 2 is 1.82 bits per heavy atom. The van der Waals surface area contributed by atoms with Crippen LogP contribution >= 0.6 is 15.9 Å². The molecule has 0 atom stereocenters. The highest BCUT2D eigenvalue weighted by Gasteiger charge is 2.31. The van der Waals surface area contributed by atoms with Crippen LogP contribution in [0.15, 0.2) is 16.6 Å². The maximum absolute atomic E-state index is 11.7. The van der Waals surface area contributed by atoms with E-state index in [1.807, 2.05) is 19.9 Å². The third-order valence-corrected chi connectivity index (χ3v) is 3.65. The molecule has 0 spiro atoms. The van der Waals surface area contributed by atoms with Crippen LogP contribution in [0.1, 0.15) is 37.0 Å². The summed E-state index contributed by atoms with van der Waals surface area (Å²) in [4.78, 5) is 23.3. The number of carbonyl (C=O) groups is 2. The standard InChI is InChI=1S/C12H7BrO2.C2H6/c13-9-5-4-8-10-6(9)2-1-3-7(10)11(14)12(8)15;1-2/h2,4-5H,1,3H2;1-2H3. The van der Waals surface area contributed by atoms with Crippen molar-refractivity contribution in [2.75, 3.05) is 0 Å². The van der Waals surface area contributed by atoms with Gasteiger partial charge in [0, 0.05) is 20.8 Å². The summed E-state index contributed by atoms with van der Waals surface area (Å²) in [6.45, 7) is 4.00. The molecule has 0 unspecified atom stereocenters. The fraction of sp³-hybridized carbons (Fsp3) is 0.286. The first-order chi connectivity index (χ1) is 8.20. The van der Waals surface area contributed by atoms with Gasteiger partial charge in [0.05, 0.1) is 0 Å². The Kier molecular flexibility index (Phi) is 3.29. The van der Waals surface area contributed by atoms with Crippen molar-refractivity contribution in [2.45, 2.75) is 26.7 Å². The molecule has 0 saturated heterocycles. The summed E-state index contributed by atoms with van der Waals surface area (Å²) in [7, 11) is 0. The second kappa shape index (κ2) is 4.57. The van der Waals surface area contributed by atoms with Gasteiger partial charge >= 0.3 is 0 Å². The van der Waals surface area contributed by atoms with Crippen LogP contribution in [0.3, 0.4) is 0 Å². The first kappa shape index (κ1) is 12.2. The third kappa shape index (κ3) is 1.69. The van der Waals surface area contributed by atoms with Crippen molar-refractivity contribution in [1.82, 2.24) is 0 Å². The van der Waals surface area contributed by atoms with Crippen LogP contribution in [0.4, 0.5) is 0 Å². The van der Waals surface area contributed by atoms with E-state index >= 15 is 0 Å². The van der Waals surface area contributed by atoms with E-state index in [4.69, 9.17) is 0 Å².